The minimum absolute atomic E-state index is 0.00837. The van der Waals surface area contributed by atoms with Crippen LogP contribution in [0.15, 0.2) is 27.5 Å². The fourth-order valence-electron chi connectivity index (χ4n) is 3.47. The molecule has 0 atom stereocenters. The highest BCUT2D eigenvalue weighted by atomic mass is 32.2. The van der Waals surface area contributed by atoms with Crippen molar-refractivity contribution in [3.63, 3.8) is 0 Å². The maximum absolute atomic E-state index is 13.0. The maximum Gasteiger partial charge on any atom is 0.312 e. The van der Waals surface area contributed by atoms with Crippen molar-refractivity contribution in [2.75, 3.05) is 45.2 Å². The Kier molecular flexibility index (Phi) is 7.01. The SMILES string of the molecule is COc1ccc(S(=O)(=O)N2CCN(CC(=O)Nc3oc(C)c(C)c3C#N)CC2)cc1[N+](=O)[O-]. The largest absolute Gasteiger partial charge is 0.490 e. The summed E-state index contributed by atoms with van der Waals surface area (Å²) in [4.78, 5) is 24.5. The van der Waals surface area contributed by atoms with Gasteiger partial charge in [0.1, 0.15) is 17.4 Å². The number of piperazine rings is 1. The number of benzene rings is 1. The first-order valence-electron chi connectivity index (χ1n) is 9.93. The van der Waals surface area contributed by atoms with Crippen molar-refractivity contribution >= 4 is 27.5 Å². The molecule has 12 nitrogen and oxygen atoms in total. The van der Waals surface area contributed by atoms with Crippen LogP contribution in [0.2, 0.25) is 0 Å². The Hall–Kier alpha value is -3.47. The fraction of sp³-hybridized carbons (Fsp3) is 0.400. The number of carbonyl (C=O) groups is 1. The van der Waals surface area contributed by atoms with Gasteiger partial charge < -0.3 is 9.15 Å². The summed E-state index contributed by atoms with van der Waals surface area (Å²) in [6, 6.07) is 5.50. The van der Waals surface area contributed by atoms with Gasteiger partial charge in [0.05, 0.1) is 23.5 Å². The second-order valence-electron chi connectivity index (χ2n) is 7.42. The van der Waals surface area contributed by atoms with Crippen molar-refractivity contribution in [2.45, 2.75) is 18.7 Å². The van der Waals surface area contributed by atoms with Crippen LogP contribution in [0.25, 0.3) is 0 Å². The average Bonchev–Trinajstić information content (AvgIpc) is 3.05. The van der Waals surface area contributed by atoms with Crippen molar-refractivity contribution in [2.24, 2.45) is 0 Å². The fourth-order valence-corrected chi connectivity index (χ4v) is 4.91. The lowest BCUT2D eigenvalue weighted by atomic mass is 10.2. The summed E-state index contributed by atoms with van der Waals surface area (Å²) >= 11 is 0. The molecule has 1 aromatic carbocycles. The van der Waals surface area contributed by atoms with Crippen LogP contribution in [0.5, 0.6) is 5.75 Å². The van der Waals surface area contributed by atoms with Crippen molar-refractivity contribution < 1.29 is 27.3 Å². The number of amides is 1. The molecule has 1 N–H and O–H groups in total. The minimum atomic E-state index is -3.96. The molecule has 0 unspecified atom stereocenters. The molecule has 0 saturated carbocycles. The van der Waals surface area contributed by atoms with Gasteiger partial charge in [-0.2, -0.15) is 9.57 Å². The van der Waals surface area contributed by atoms with Crippen molar-refractivity contribution in [3.05, 3.63) is 45.2 Å². The van der Waals surface area contributed by atoms with Gasteiger partial charge in [-0.25, -0.2) is 8.42 Å². The predicted octanol–water partition coefficient (Wildman–Crippen LogP) is 1.63. The monoisotopic (exact) mass is 477 g/mol. The number of carbonyl (C=O) groups excluding carboxylic acids is 1. The number of hydrogen-bond acceptors (Lipinski definition) is 9. The number of hydrogen-bond donors (Lipinski definition) is 1. The lowest BCUT2D eigenvalue weighted by Gasteiger charge is -2.33. The third-order valence-electron chi connectivity index (χ3n) is 5.43. The number of aryl methyl sites for hydroxylation is 1. The molecule has 1 fully saturated rings. The summed E-state index contributed by atoms with van der Waals surface area (Å²) in [5, 5.41) is 23.1. The maximum atomic E-state index is 13.0. The highest BCUT2D eigenvalue weighted by Gasteiger charge is 2.31. The first kappa shape index (κ1) is 24.2. The van der Waals surface area contributed by atoms with E-state index in [-0.39, 0.29) is 60.7 Å². The molecule has 2 heterocycles. The normalized spacial score (nSPS) is 15.1. The Bertz CT molecular complexity index is 1220. The highest BCUT2D eigenvalue weighted by molar-refractivity contribution is 7.89. The van der Waals surface area contributed by atoms with E-state index in [9.17, 15) is 28.6 Å². The molecule has 1 saturated heterocycles. The zero-order valence-electron chi connectivity index (χ0n) is 18.3. The van der Waals surface area contributed by atoms with Gasteiger partial charge in [-0.1, -0.05) is 0 Å². The molecule has 0 bridgehead atoms. The van der Waals surface area contributed by atoms with E-state index in [0.717, 1.165) is 6.07 Å². The third kappa shape index (κ3) is 4.98. The number of nitrogens with zero attached hydrogens (tertiary/aromatic N) is 4. The van der Waals surface area contributed by atoms with E-state index in [2.05, 4.69) is 5.32 Å². The Labute approximate surface area is 190 Å². The number of furan rings is 1. The van der Waals surface area contributed by atoms with E-state index < -0.39 is 20.6 Å². The topological polar surface area (TPSA) is 159 Å². The Morgan fingerprint density at radius 2 is 1.97 bits per heavy atom. The van der Waals surface area contributed by atoms with E-state index in [0.29, 0.717) is 11.3 Å². The zero-order chi connectivity index (χ0) is 24.3. The van der Waals surface area contributed by atoms with E-state index in [4.69, 9.17) is 9.15 Å². The standard InChI is InChI=1S/C20H23N5O7S/c1-13-14(2)32-20(16(13)11-21)22-19(26)12-23-6-8-24(9-7-23)33(29,30)15-4-5-18(31-3)17(10-15)25(27)28/h4-5,10H,6-9,12H2,1-3H3,(H,22,26). The molecule has 0 aliphatic carbocycles. The molecule has 1 aliphatic rings. The summed E-state index contributed by atoms with van der Waals surface area (Å²) in [6.45, 7) is 4.20. The van der Waals surface area contributed by atoms with Crippen LogP contribution in [0, 0.1) is 35.3 Å². The Morgan fingerprint density at radius 3 is 2.55 bits per heavy atom. The molecule has 1 amide bonds. The van der Waals surface area contributed by atoms with Crippen molar-refractivity contribution in [1.82, 2.24) is 9.21 Å². The molecular weight excluding hydrogens is 454 g/mol. The summed E-state index contributed by atoms with van der Waals surface area (Å²) in [6.07, 6.45) is 0. The molecule has 1 aliphatic heterocycles. The second kappa shape index (κ2) is 9.57. The average molecular weight is 477 g/mol. The van der Waals surface area contributed by atoms with Crippen LogP contribution in [0.3, 0.4) is 0 Å². The lowest BCUT2D eigenvalue weighted by Crippen LogP contribution is -2.50. The number of ether oxygens (including phenoxy) is 1. The number of anilines is 1. The predicted molar refractivity (Wildman–Crippen MR) is 116 cm³/mol. The van der Waals surface area contributed by atoms with E-state index >= 15 is 0 Å². The number of sulfonamides is 1. The van der Waals surface area contributed by atoms with Crippen LogP contribution in [-0.2, 0) is 14.8 Å². The van der Waals surface area contributed by atoms with Crippen molar-refractivity contribution in [3.8, 4) is 11.8 Å². The number of nitro groups is 1. The molecule has 3 rings (SSSR count). The van der Waals surface area contributed by atoms with Gasteiger partial charge in [0.2, 0.25) is 21.8 Å². The third-order valence-corrected chi connectivity index (χ3v) is 7.33. The van der Waals surface area contributed by atoms with E-state index in [1.165, 1.54) is 23.5 Å². The number of nitro benzene ring substituents is 1. The molecule has 0 radical (unpaired) electrons. The van der Waals surface area contributed by atoms with Crippen LogP contribution >= 0.6 is 0 Å². The molecule has 33 heavy (non-hydrogen) atoms. The molecule has 2 aromatic rings. The first-order chi connectivity index (χ1) is 15.6. The van der Waals surface area contributed by atoms with Crippen LogP contribution in [-0.4, -0.2) is 68.3 Å². The number of methoxy groups -OCH3 is 1. The second-order valence-corrected chi connectivity index (χ2v) is 9.36. The van der Waals surface area contributed by atoms with Crippen molar-refractivity contribution in [1.29, 1.82) is 5.26 Å². The van der Waals surface area contributed by atoms with Gasteiger partial charge in [0.25, 0.3) is 0 Å². The summed E-state index contributed by atoms with van der Waals surface area (Å²) in [7, 11) is -2.69. The summed E-state index contributed by atoms with van der Waals surface area (Å²) < 4.78 is 37.5. The quantitative estimate of drug-likeness (QED) is 0.462. The van der Waals surface area contributed by atoms with Gasteiger partial charge >= 0.3 is 5.69 Å². The van der Waals surface area contributed by atoms with Gasteiger partial charge in [-0.15, -0.1) is 0 Å². The van der Waals surface area contributed by atoms with Crippen LogP contribution in [0.1, 0.15) is 16.9 Å². The smallest absolute Gasteiger partial charge is 0.312 e. The number of nitriles is 1. The van der Waals surface area contributed by atoms with Gasteiger partial charge in [0, 0.05) is 37.8 Å². The molecule has 1 aromatic heterocycles. The van der Waals surface area contributed by atoms with Gasteiger partial charge in [0.15, 0.2) is 5.75 Å². The minimum Gasteiger partial charge on any atom is -0.490 e. The Balaban J connectivity index is 1.63. The van der Waals surface area contributed by atoms with Crippen LogP contribution < -0.4 is 10.1 Å². The molecule has 13 heteroatoms. The summed E-state index contributed by atoms with van der Waals surface area (Å²) in [5.41, 5.74) is 0.491. The number of rotatable bonds is 7. The van der Waals surface area contributed by atoms with Gasteiger partial charge in [-0.05, 0) is 26.0 Å². The summed E-state index contributed by atoms with van der Waals surface area (Å²) in [5.74, 6) is 0.220. The van der Waals surface area contributed by atoms with E-state index in [1.807, 2.05) is 6.07 Å². The molecule has 176 valence electrons. The zero-order valence-corrected chi connectivity index (χ0v) is 19.1. The lowest BCUT2D eigenvalue weighted by molar-refractivity contribution is -0.386. The van der Waals surface area contributed by atoms with Gasteiger partial charge in [-0.3, -0.25) is 25.1 Å². The van der Waals surface area contributed by atoms with Crippen LogP contribution in [0.4, 0.5) is 11.6 Å². The molecular formula is C20H23N5O7S. The first-order valence-corrected chi connectivity index (χ1v) is 11.4. The molecule has 0 spiro atoms. The Morgan fingerprint density at radius 1 is 1.30 bits per heavy atom. The number of nitrogens with one attached hydrogen (secondary N) is 1. The van der Waals surface area contributed by atoms with E-state index in [1.54, 1.807) is 18.7 Å². The highest BCUT2D eigenvalue weighted by Crippen LogP contribution is 2.31.